The highest BCUT2D eigenvalue weighted by atomic mass is 32.2. The second kappa shape index (κ2) is 10.1. The Morgan fingerprint density at radius 2 is 1.81 bits per heavy atom. The molecular formula is C21H31N3O2S. The molecule has 0 aromatic heterocycles. The van der Waals surface area contributed by atoms with Gasteiger partial charge in [-0.2, -0.15) is 0 Å². The van der Waals surface area contributed by atoms with E-state index in [2.05, 4.69) is 5.32 Å². The minimum absolute atomic E-state index is 0.0297. The van der Waals surface area contributed by atoms with Crippen molar-refractivity contribution in [3.8, 4) is 0 Å². The van der Waals surface area contributed by atoms with Gasteiger partial charge < -0.3 is 16.0 Å². The van der Waals surface area contributed by atoms with Gasteiger partial charge in [-0.1, -0.05) is 31.4 Å². The minimum Gasteiger partial charge on any atom is -0.348 e. The molecule has 5 nitrogen and oxygen atoms in total. The topological polar surface area (TPSA) is 75.4 Å². The number of rotatable bonds is 7. The fraction of sp³-hybridized carbons (Fsp3) is 0.619. The van der Waals surface area contributed by atoms with E-state index in [1.807, 2.05) is 29.2 Å². The van der Waals surface area contributed by atoms with Crippen molar-refractivity contribution in [1.82, 2.24) is 10.2 Å². The van der Waals surface area contributed by atoms with Gasteiger partial charge in [0, 0.05) is 30.6 Å². The number of nitrogens with one attached hydrogen (secondary N) is 1. The molecule has 3 rings (SSSR count). The average Bonchev–Trinajstić information content (AvgIpc) is 3.26. The molecule has 2 amide bonds. The Morgan fingerprint density at radius 3 is 2.52 bits per heavy atom. The largest absolute Gasteiger partial charge is 0.348 e. The van der Waals surface area contributed by atoms with Crippen LogP contribution in [0.3, 0.4) is 0 Å². The highest BCUT2D eigenvalue weighted by Gasteiger charge is 2.25. The van der Waals surface area contributed by atoms with E-state index in [1.165, 1.54) is 31.0 Å². The maximum Gasteiger partial charge on any atom is 0.252 e. The van der Waals surface area contributed by atoms with E-state index in [4.69, 9.17) is 5.73 Å². The number of hydrogen-bond acceptors (Lipinski definition) is 4. The maximum atomic E-state index is 12.9. The summed E-state index contributed by atoms with van der Waals surface area (Å²) in [5.41, 5.74) is 6.61. The Labute approximate surface area is 166 Å². The first-order chi connectivity index (χ1) is 13.2. The molecule has 1 aromatic carbocycles. The van der Waals surface area contributed by atoms with Gasteiger partial charge in [0.25, 0.3) is 5.91 Å². The van der Waals surface area contributed by atoms with Gasteiger partial charge in [0.05, 0.1) is 11.3 Å². The third-order valence-electron chi connectivity index (χ3n) is 5.73. The number of carbonyl (C=O) groups excluding carboxylic acids is 2. The first kappa shape index (κ1) is 20.2. The van der Waals surface area contributed by atoms with E-state index >= 15 is 0 Å². The van der Waals surface area contributed by atoms with Crippen molar-refractivity contribution in [3.05, 3.63) is 29.8 Å². The van der Waals surface area contributed by atoms with Gasteiger partial charge in [-0.15, -0.1) is 11.8 Å². The SMILES string of the molecule is NCC(NC(=O)c1ccccc1SCC(=O)N1CCCC1)C1CCCCC1. The number of hydrogen-bond donors (Lipinski definition) is 2. The molecule has 0 bridgehead atoms. The van der Waals surface area contributed by atoms with Crippen LogP contribution in [0, 0.1) is 5.92 Å². The van der Waals surface area contributed by atoms with Gasteiger partial charge in [-0.3, -0.25) is 9.59 Å². The van der Waals surface area contributed by atoms with Crippen molar-refractivity contribution in [2.24, 2.45) is 11.7 Å². The molecule has 1 aliphatic carbocycles. The molecule has 3 N–H and O–H groups in total. The fourth-order valence-electron chi connectivity index (χ4n) is 4.13. The highest BCUT2D eigenvalue weighted by molar-refractivity contribution is 8.00. The van der Waals surface area contributed by atoms with Crippen LogP contribution in [-0.2, 0) is 4.79 Å². The molecule has 1 aromatic rings. The summed E-state index contributed by atoms with van der Waals surface area (Å²) in [4.78, 5) is 28.0. The summed E-state index contributed by atoms with van der Waals surface area (Å²) in [5, 5.41) is 3.16. The smallest absolute Gasteiger partial charge is 0.252 e. The van der Waals surface area contributed by atoms with Crippen LogP contribution in [0.2, 0.25) is 0 Å². The maximum absolute atomic E-state index is 12.9. The van der Waals surface area contributed by atoms with E-state index in [9.17, 15) is 9.59 Å². The van der Waals surface area contributed by atoms with Crippen molar-refractivity contribution in [3.63, 3.8) is 0 Å². The summed E-state index contributed by atoms with van der Waals surface area (Å²) < 4.78 is 0. The van der Waals surface area contributed by atoms with E-state index in [0.29, 0.717) is 23.8 Å². The number of nitrogens with two attached hydrogens (primary N) is 1. The monoisotopic (exact) mass is 389 g/mol. The minimum atomic E-state index is -0.0762. The van der Waals surface area contributed by atoms with Gasteiger partial charge in [-0.25, -0.2) is 0 Å². The van der Waals surface area contributed by atoms with Crippen molar-refractivity contribution in [2.45, 2.75) is 55.9 Å². The van der Waals surface area contributed by atoms with Gasteiger partial charge in [0.2, 0.25) is 5.91 Å². The third-order valence-corrected chi connectivity index (χ3v) is 6.79. The van der Waals surface area contributed by atoms with Crippen LogP contribution < -0.4 is 11.1 Å². The van der Waals surface area contributed by atoms with Gasteiger partial charge in [0.1, 0.15) is 0 Å². The van der Waals surface area contributed by atoms with Gasteiger partial charge in [0.15, 0.2) is 0 Å². The van der Waals surface area contributed by atoms with E-state index in [0.717, 1.165) is 43.7 Å². The van der Waals surface area contributed by atoms with Crippen LogP contribution in [0.5, 0.6) is 0 Å². The van der Waals surface area contributed by atoms with Crippen LogP contribution in [-0.4, -0.2) is 48.1 Å². The summed E-state index contributed by atoms with van der Waals surface area (Å²) in [6.07, 6.45) is 8.20. The van der Waals surface area contributed by atoms with Crippen molar-refractivity contribution in [2.75, 3.05) is 25.4 Å². The highest BCUT2D eigenvalue weighted by Crippen LogP contribution is 2.27. The lowest BCUT2D eigenvalue weighted by atomic mass is 9.84. The molecule has 1 aliphatic heterocycles. The Balaban J connectivity index is 1.61. The molecule has 6 heteroatoms. The van der Waals surface area contributed by atoms with Crippen molar-refractivity contribution in [1.29, 1.82) is 0 Å². The van der Waals surface area contributed by atoms with E-state index < -0.39 is 0 Å². The second-order valence-corrected chi connectivity index (χ2v) is 8.60. The van der Waals surface area contributed by atoms with Crippen LogP contribution in [0.25, 0.3) is 0 Å². The summed E-state index contributed by atoms with van der Waals surface area (Å²) >= 11 is 1.46. The van der Waals surface area contributed by atoms with Crippen LogP contribution in [0.15, 0.2) is 29.2 Å². The van der Waals surface area contributed by atoms with Crippen LogP contribution in [0.1, 0.15) is 55.3 Å². The third kappa shape index (κ3) is 5.48. The van der Waals surface area contributed by atoms with Gasteiger partial charge in [-0.05, 0) is 43.7 Å². The number of carbonyl (C=O) groups is 2. The lowest BCUT2D eigenvalue weighted by molar-refractivity contribution is -0.127. The molecule has 1 unspecified atom stereocenters. The van der Waals surface area contributed by atoms with E-state index in [1.54, 1.807) is 0 Å². The molecule has 0 spiro atoms. The predicted molar refractivity (Wildman–Crippen MR) is 110 cm³/mol. The molecule has 0 radical (unpaired) electrons. The average molecular weight is 390 g/mol. The Hall–Kier alpha value is -1.53. The lowest BCUT2D eigenvalue weighted by Gasteiger charge is -2.30. The van der Waals surface area contributed by atoms with Gasteiger partial charge >= 0.3 is 0 Å². The quantitative estimate of drug-likeness (QED) is 0.703. The Kier molecular flexibility index (Phi) is 7.59. The van der Waals surface area contributed by atoms with E-state index in [-0.39, 0.29) is 17.9 Å². The summed E-state index contributed by atoms with van der Waals surface area (Å²) in [5.74, 6) is 0.944. The number of likely N-dealkylation sites (tertiary alicyclic amines) is 1. The fourth-order valence-corrected chi connectivity index (χ4v) is 5.08. The second-order valence-electron chi connectivity index (χ2n) is 7.59. The number of thioether (sulfide) groups is 1. The number of amides is 2. The molecule has 1 atom stereocenters. The normalized spacial score (nSPS) is 19.1. The number of benzene rings is 1. The standard InChI is InChI=1S/C21H31N3O2S/c22-14-18(16-8-2-1-3-9-16)23-21(26)17-10-4-5-11-19(17)27-15-20(25)24-12-6-7-13-24/h4-5,10-11,16,18H,1-3,6-9,12-15,22H2,(H,23,26). The van der Waals surface area contributed by atoms with Crippen molar-refractivity contribution >= 4 is 23.6 Å². The lowest BCUT2D eigenvalue weighted by Crippen LogP contribution is -2.46. The molecule has 148 valence electrons. The van der Waals surface area contributed by atoms with Crippen LogP contribution in [0.4, 0.5) is 0 Å². The molecule has 1 saturated heterocycles. The zero-order chi connectivity index (χ0) is 19.1. The molecule has 1 heterocycles. The summed E-state index contributed by atoms with van der Waals surface area (Å²) in [6.45, 7) is 2.20. The predicted octanol–water partition coefficient (Wildman–Crippen LogP) is 3.04. The summed E-state index contributed by atoms with van der Waals surface area (Å²) in [7, 11) is 0. The molecular weight excluding hydrogens is 358 g/mol. The van der Waals surface area contributed by atoms with Crippen LogP contribution >= 0.6 is 11.8 Å². The summed E-state index contributed by atoms with van der Waals surface area (Å²) in [6, 6.07) is 7.59. The van der Waals surface area contributed by atoms with Crippen molar-refractivity contribution < 1.29 is 9.59 Å². The first-order valence-electron chi connectivity index (χ1n) is 10.2. The Bertz CT molecular complexity index is 640. The molecule has 2 fully saturated rings. The zero-order valence-electron chi connectivity index (χ0n) is 16.0. The number of nitrogens with zero attached hydrogens (tertiary/aromatic N) is 1. The first-order valence-corrected chi connectivity index (χ1v) is 11.2. The molecule has 2 aliphatic rings. The molecule has 1 saturated carbocycles. The molecule has 27 heavy (non-hydrogen) atoms. The Morgan fingerprint density at radius 1 is 1.11 bits per heavy atom. The zero-order valence-corrected chi connectivity index (χ0v) is 16.8.